The fourth-order valence-corrected chi connectivity index (χ4v) is 4.82. The van der Waals surface area contributed by atoms with Gasteiger partial charge in [-0.3, -0.25) is 14.9 Å². The summed E-state index contributed by atoms with van der Waals surface area (Å²) in [6.07, 6.45) is 0.463. The third kappa shape index (κ3) is 3.99. The zero-order chi connectivity index (χ0) is 22.1. The number of hydrogen-bond donors (Lipinski definition) is 1. The Morgan fingerprint density at radius 2 is 2.06 bits per heavy atom. The molecule has 0 spiro atoms. The molecule has 4 rings (SSSR count). The third-order valence-electron chi connectivity index (χ3n) is 6.08. The highest BCUT2D eigenvalue weighted by molar-refractivity contribution is 6.31. The number of rotatable bonds is 5. The number of carbonyl (C=O) groups is 1. The van der Waals surface area contributed by atoms with Crippen LogP contribution in [0.4, 0.5) is 17.1 Å². The van der Waals surface area contributed by atoms with Crippen LogP contribution in [0.25, 0.3) is 0 Å². The topological polar surface area (TPSA) is 87.9 Å². The number of nitrogens with zero attached hydrogens (tertiary/aromatic N) is 3. The second kappa shape index (κ2) is 8.63. The third-order valence-corrected chi connectivity index (χ3v) is 6.31. The Balaban J connectivity index is 1.70. The molecule has 2 atom stereocenters. The summed E-state index contributed by atoms with van der Waals surface area (Å²) < 4.78 is 5.54. The van der Waals surface area contributed by atoms with Gasteiger partial charge in [0.15, 0.2) is 0 Å². The van der Waals surface area contributed by atoms with Crippen LogP contribution in [0, 0.1) is 16.0 Å². The average Bonchev–Trinajstić information content (AvgIpc) is 2.77. The SMILES string of the molecule is CCNC(=O)[C@@H]1Cc2cc([N+](=O)[O-])ccc2N2CCN(c3cc(Cl)ccc3OC)C[C@H]12. The first-order valence-corrected chi connectivity index (χ1v) is 10.7. The van der Waals surface area contributed by atoms with Crippen LogP contribution in [0.5, 0.6) is 5.75 Å². The molecule has 0 saturated carbocycles. The molecule has 8 nitrogen and oxygen atoms in total. The van der Waals surface area contributed by atoms with Crippen molar-refractivity contribution in [3.63, 3.8) is 0 Å². The predicted molar refractivity (Wildman–Crippen MR) is 120 cm³/mol. The van der Waals surface area contributed by atoms with Gasteiger partial charge < -0.3 is 19.9 Å². The van der Waals surface area contributed by atoms with Gasteiger partial charge in [0, 0.05) is 49.0 Å². The molecule has 0 radical (unpaired) electrons. The Labute approximate surface area is 185 Å². The van der Waals surface area contributed by atoms with E-state index in [1.807, 2.05) is 25.1 Å². The molecule has 1 fully saturated rings. The smallest absolute Gasteiger partial charge is 0.269 e. The van der Waals surface area contributed by atoms with Crippen molar-refractivity contribution in [1.82, 2.24) is 5.32 Å². The summed E-state index contributed by atoms with van der Waals surface area (Å²) >= 11 is 6.25. The zero-order valence-corrected chi connectivity index (χ0v) is 18.3. The van der Waals surface area contributed by atoms with Crippen molar-refractivity contribution in [2.24, 2.45) is 5.92 Å². The van der Waals surface area contributed by atoms with Crippen molar-refractivity contribution in [1.29, 1.82) is 0 Å². The number of amides is 1. The molecule has 164 valence electrons. The lowest BCUT2D eigenvalue weighted by Crippen LogP contribution is -2.61. The van der Waals surface area contributed by atoms with E-state index in [0.717, 1.165) is 22.7 Å². The van der Waals surface area contributed by atoms with Crippen LogP contribution in [-0.4, -0.2) is 50.2 Å². The molecule has 2 heterocycles. The van der Waals surface area contributed by atoms with Gasteiger partial charge in [0.1, 0.15) is 5.75 Å². The van der Waals surface area contributed by atoms with E-state index in [2.05, 4.69) is 15.1 Å². The number of halogens is 1. The maximum Gasteiger partial charge on any atom is 0.269 e. The van der Waals surface area contributed by atoms with Gasteiger partial charge in [-0.25, -0.2) is 0 Å². The summed E-state index contributed by atoms with van der Waals surface area (Å²) in [5, 5.41) is 14.8. The van der Waals surface area contributed by atoms with E-state index in [-0.39, 0.29) is 23.6 Å². The number of anilines is 2. The van der Waals surface area contributed by atoms with Gasteiger partial charge in [-0.05, 0) is 43.2 Å². The lowest BCUT2D eigenvalue weighted by atomic mass is 9.83. The van der Waals surface area contributed by atoms with Crippen molar-refractivity contribution >= 4 is 34.6 Å². The molecular formula is C22H25ClN4O4. The number of non-ortho nitro benzene ring substituents is 1. The van der Waals surface area contributed by atoms with Gasteiger partial charge in [0.25, 0.3) is 5.69 Å². The molecule has 2 aliphatic heterocycles. The minimum Gasteiger partial charge on any atom is -0.495 e. The van der Waals surface area contributed by atoms with Gasteiger partial charge in [-0.15, -0.1) is 0 Å². The highest BCUT2D eigenvalue weighted by Gasteiger charge is 2.42. The van der Waals surface area contributed by atoms with Gasteiger partial charge >= 0.3 is 0 Å². The maximum atomic E-state index is 13.0. The summed E-state index contributed by atoms with van der Waals surface area (Å²) in [7, 11) is 1.63. The summed E-state index contributed by atoms with van der Waals surface area (Å²) in [5.74, 6) is 0.385. The number of fused-ring (bicyclic) bond motifs is 3. The number of piperazine rings is 1. The zero-order valence-electron chi connectivity index (χ0n) is 17.5. The number of nitro groups is 1. The fourth-order valence-electron chi connectivity index (χ4n) is 4.66. The molecule has 0 aliphatic carbocycles. The van der Waals surface area contributed by atoms with Crippen molar-refractivity contribution in [3.8, 4) is 5.75 Å². The number of methoxy groups -OCH3 is 1. The Bertz CT molecular complexity index is 1020. The summed E-state index contributed by atoms with van der Waals surface area (Å²) in [4.78, 5) is 28.3. The van der Waals surface area contributed by atoms with Gasteiger partial charge in [0.05, 0.1) is 29.7 Å². The van der Waals surface area contributed by atoms with E-state index in [1.54, 1.807) is 19.2 Å². The molecule has 0 bridgehead atoms. The Morgan fingerprint density at radius 3 is 2.77 bits per heavy atom. The monoisotopic (exact) mass is 444 g/mol. The summed E-state index contributed by atoms with van der Waals surface area (Å²) in [5.41, 5.74) is 2.76. The molecule has 1 N–H and O–H groups in total. The van der Waals surface area contributed by atoms with Crippen LogP contribution < -0.4 is 19.9 Å². The lowest BCUT2D eigenvalue weighted by molar-refractivity contribution is -0.384. The largest absolute Gasteiger partial charge is 0.495 e. The standard InChI is InChI=1S/C22H25ClN4O4/c1-3-24-22(28)17-11-14-10-16(27(29)30)5-6-18(14)26-9-8-25(13-20(17)26)19-12-15(23)4-7-21(19)31-2/h4-7,10,12,17,20H,3,8-9,11,13H2,1-2H3,(H,24,28)/t17-,20-/m1/s1. The van der Waals surface area contributed by atoms with E-state index < -0.39 is 4.92 Å². The minimum absolute atomic E-state index is 0.0328. The van der Waals surface area contributed by atoms with Crippen LogP contribution in [0.2, 0.25) is 5.02 Å². The fraction of sp³-hybridized carbons (Fsp3) is 0.409. The van der Waals surface area contributed by atoms with Gasteiger partial charge in [-0.1, -0.05) is 11.6 Å². The van der Waals surface area contributed by atoms with E-state index in [9.17, 15) is 14.9 Å². The van der Waals surface area contributed by atoms with E-state index in [0.29, 0.717) is 37.6 Å². The van der Waals surface area contributed by atoms with Crippen molar-refractivity contribution in [2.75, 3.05) is 43.1 Å². The first-order chi connectivity index (χ1) is 14.9. The van der Waals surface area contributed by atoms with E-state index >= 15 is 0 Å². The molecule has 1 saturated heterocycles. The molecular weight excluding hydrogens is 420 g/mol. The number of ether oxygens (including phenoxy) is 1. The molecule has 0 aromatic heterocycles. The summed E-state index contributed by atoms with van der Waals surface area (Å²) in [6, 6.07) is 10.4. The van der Waals surface area contributed by atoms with Crippen LogP contribution in [-0.2, 0) is 11.2 Å². The lowest BCUT2D eigenvalue weighted by Gasteiger charge is -2.49. The van der Waals surface area contributed by atoms with Crippen LogP contribution in [0.1, 0.15) is 12.5 Å². The number of nitro benzene ring substituents is 1. The average molecular weight is 445 g/mol. The van der Waals surface area contributed by atoms with Crippen molar-refractivity contribution in [3.05, 3.63) is 57.1 Å². The predicted octanol–water partition coefficient (Wildman–Crippen LogP) is 3.26. The number of nitrogens with one attached hydrogen (secondary N) is 1. The molecule has 0 unspecified atom stereocenters. The van der Waals surface area contributed by atoms with Gasteiger partial charge in [0.2, 0.25) is 5.91 Å². The highest BCUT2D eigenvalue weighted by Crippen LogP contribution is 2.40. The molecule has 2 aromatic rings. The normalized spacial score (nSPS) is 20.0. The van der Waals surface area contributed by atoms with Crippen molar-refractivity contribution in [2.45, 2.75) is 19.4 Å². The van der Waals surface area contributed by atoms with Crippen LogP contribution in [0.15, 0.2) is 36.4 Å². The Kier molecular flexibility index (Phi) is 5.91. The number of hydrogen-bond acceptors (Lipinski definition) is 6. The van der Waals surface area contributed by atoms with Crippen molar-refractivity contribution < 1.29 is 14.5 Å². The number of carbonyl (C=O) groups excluding carboxylic acids is 1. The highest BCUT2D eigenvalue weighted by atomic mass is 35.5. The second-order valence-corrected chi connectivity index (χ2v) is 8.23. The Hall–Kier alpha value is -3.00. The molecule has 31 heavy (non-hydrogen) atoms. The van der Waals surface area contributed by atoms with Crippen LogP contribution >= 0.6 is 11.6 Å². The Morgan fingerprint density at radius 1 is 1.26 bits per heavy atom. The maximum absolute atomic E-state index is 13.0. The van der Waals surface area contributed by atoms with Crippen LogP contribution in [0.3, 0.4) is 0 Å². The number of benzene rings is 2. The molecule has 1 amide bonds. The van der Waals surface area contributed by atoms with E-state index in [4.69, 9.17) is 16.3 Å². The first kappa shape index (κ1) is 21.2. The first-order valence-electron chi connectivity index (χ1n) is 10.3. The van der Waals surface area contributed by atoms with E-state index in [1.165, 1.54) is 6.07 Å². The molecule has 2 aliphatic rings. The minimum atomic E-state index is -0.392. The second-order valence-electron chi connectivity index (χ2n) is 7.80. The summed E-state index contributed by atoms with van der Waals surface area (Å²) in [6.45, 7) is 4.44. The molecule has 9 heteroatoms. The molecule has 2 aromatic carbocycles. The van der Waals surface area contributed by atoms with Gasteiger partial charge in [-0.2, -0.15) is 0 Å². The quantitative estimate of drug-likeness (QED) is 0.562.